The van der Waals surface area contributed by atoms with Crippen LogP contribution in [0.15, 0.2) is 175 Å². The zero-order valence-electron chi connectivity index (χ0n) is 40.6. The zero-order valence-corrected chi connectivity index (χ0v) is 40.0. The first-order valence-electron chi connectivity index (χ1n) is 24.4. The minimum atomic E-state index is -1.82. The van der Waals surface area contributed by atoms with Crippen LogP contribution in [-0.2, 0) is 32.9 Å². The van der Waals surface area contributed by atoms with Gasteiger partial charge in [0.25, 0.3) is 0 Å². The fourth-order valence-corrected chi connectivity index (χ4v) is 11.0. The Balaban J connectivity index is 0.000000170. The van der Waals surface area contributed by atoms with E-state index >= 15 is 0 Å². The Morgan fingerprint density at radius 1 is 0.641 bits per heavy atom. The number of hydrogen-bond donors (Lipinski definition) is 0. The van der Waals surface area contributed by atoms with E-state index in [4.69, 9.17) is 14.9 Å². The molecule has 2 bridgehead atoms. The van der Waals surface area contributed by atoms with Gasteiger partial charge in [0, 0.05) is 43.4 Å². The maximum Gasteiger partial charge on any atom is 0.121 e. The Morgan fingerprint density at radius 2 is 1.33 bits per heavy atom. The number of rotatable bonds is 9. The summed E-state index contributed by atoms with van der Waals surface area (Å²) in [6.07, 6.45) is 6.55. The Kier molecular flexibility index (Phi) is 11.6. The summed E-state index contributed by atoms with van der Waals surface area (Å²) in [5.74, 6) is 1.27. The second-order valence-corrected chi connectivity index (χ2v) is 23.2. The van der Waals surface area contributed by atoms with Crippen LogP contribution in [-0.4, -0.2) is 18.0 Å². The molecule has 0 amide bonds. The van der Waals surface area contributed by atoms with Gasteiger partial charge in [-0.15, -0.1) is 53.6 Å². The maximum atomic E-state index is 9.14. The fraction of sp³-hybridized carbons (Fsp3) is 0.220. The fourth-order valence-electron chi connectivity index (χ4n) is 9.57. The molecule has 0 spiro atoms. The minimum Gasteiger partial charge on any atom is -0.501 e. The molecule has 0 saturated heterocycles. The largest absolute Gasteiger partial charge is 0.501 e. The van der Waals surface area contributed by atoms with Crippen LogP contribution >= 0.6 is 0 Å². The molecule has 3 heterocycles. The molecule has 5 heteroatoms. The molecule has 6 aromatic carbocycles. The van der Waals surface area contributed by atoms with E-state index in [0.29, 0.717) is 28.7 Å². The van der Waals surface area contributed by atoms with Crippen LogP contribution in [0.3, 0.4) is 0 Å². The van der Waals surface area contributed by atoms with Crippen molar-refractivity contribution in [1.82, 2.24) is 9.97 Å². The average Bonchev–Trinajstić information content (AvgIpc) is 3.76. The number of hydrogen-bond acceptors (Lipinski definition) is 3. The first-order valence-corrected chi connectivity index (χ1v) is 25.9. The van der Waals surface area contributed by atoms with E-state index < -0.39 is 20.8 Å². The van der Waals surface area contributed by atoms with E-state index in [1.165, 1.54) is 25.7 Å². The normalized spacial score (nSPS) is 18.2. The molecule has 3 aliphatic carbocycles. The first-order chi connectivity index (χ1) is 32.3. The molecule has 3 fully saturated rings. The van der Waals surface area contributed by atoms with Crippen molar-refractivity contribution in [2.24, 2.45) is 17.8 Å². The third-order valence-corrected chi connectivity index (χ3v) is 14.9. The van der Waals surface area contributed by atoms with Gasteiger partial charge in [-0.05, 0) is 101 Å². The van der Waals surface area contributed by atoms with Gasteiger partial charge in [-0.25, -0.2) is 0 Å². The number of nitrogens with zero attached hydrogens (tertiary/aromatic N) is 2. The topological polar surface area (TPSA) is 38.9 Å². The Morgan fingerprint density at radius 3 is 2.02 bits per heavy atom. The van der Waals surface area contributed by atoms with Crippen molar-refractivity contribution in [3.63, 3.8) is 0 Å². The first kappa shape index (κ1) is 38.7. The Bertz CT molecular complexity index is 3180. The number of furan rings is 1. The molecule has 3 aliphatic rings. The van der Waals surface area contributed by atoms with Crippen LogP contribution in [0, 0.1) is 29.9 Å². The van der Waals surface area contributed by atoms with E-state index in [2.05, 4.69) is 85.3 Å². The van der Waals surface area contributed by atoms with Crippen molar-refractivity contribution < 1.29 is 30.0 Å². The summed E-state index contributed by atoms with van der Waals surface area (Å²) in [6.45, 7) is 6.70. The molecule has 9 aromatic rings. The third-order valence-electron chi connectivity index (χ3n) is 12.9. The molecule has 0 aliphatic heterocycles. The maximum absolute atomic E-state index is 9.14. The molecule has 3 aromatic heterocycles. The molecular weight excluding hydrogens is 973 g/mol. The third kappa shape index (κ3) is 9.54. The van der Waals surface area contributed by atoms with Crippen LogP contribution in [0.5, 0.6) is 0 Å². The van der Waals surface area contributed by atoms with Gasteiger partial charge in [0.2, 0.25) is 0 Å². The van der Waals surface area contributed by atoms with E-state index in [1.54, 1.807) is 6.20 Å². The van der Waals surface area contributed by atoms with Crippen molar-refractivity contribution in [3.05, 3.63) is 199 Å². The average molecular weight is 1030 g/mol. The standard InChI is InChI=1S/C32H28NO.C27H26NSi.Ir/c1-2-5-23(6-3-1)25-13-14-27-28-7-4-8-29(32(28)34-31(27)20-25)30-19-22(15-16-33-30)18-26-17-21-9-11-24(26)12-10-21;1-29(2,3)27-20-28-26(19-25(27)17-21-11-6-4-7-12-21)24-16-10-15-23(18-24)22-13-8-5-9-14-22;/h1-7,13-16,19-21,24,26H,9-12,17-18H2;4-15,18-20H,17H2,1-3H3;/q2*-1;/i18D2;17D2;. The summed E-state index contributed by atoms with van der Waals surface area (Å²) in [4.78, 5) is 9.40. The van der Waals surface area contributed by atoms with Crippen molar-refractivity contribution >= 4 is 35.2 Å². The van der Waals surface area contributed by atoms with Gasteiger partial charge in [0.1, 0.15) is 5.58 Å². The molecule has 3 saturated carbocycles. The van der Waals surface area contributed by atoms with E-state index in [1.807, 2.05) is 115 Å². The second-order valence-electron chi connectivity index (χ2n) is 18.2. The summed E-state index contributed by atoms with van der Waals surface area (Å²) in [5, 5.41) is 3.13. The SMILES string of the molecule is [2H]C([2H])(c1ccccc1)c1cc(-c2[c-]ccc(-c3ccccc3)c2)ncc1[Si](C)(C)C.[2H]C([2H])(c1ccnc(-c2[c-]ccc3c2oc2cc(-c4ccccc4)ccc23)c1)C1CC2CCC1CC2.[Ir]. The zero-order chi connectivity index (χ0) is 46.3. The van der Waals surface area contributed by atoms with Crippen molar-refractivity contribution in [3.8, 4) is 44.8 Å². The molecule has 0 N–H and O–H groups in total. The molecule has 1 radical (unpaired) electrons. The number of fused-ring (bicyclic) bond motifs is 6. The van der Waals surface area contributed by atoms with Gasteiger partial charge < -0.3 is 14.4 Å². The Labute approximate surface area is 399 Å². The van der Waals surface area contributed by atoms with Gasteiger partial charge >= 0.3 is 0 Å². The van der Waals surface area contributed by atoms with Crippen LogP contribution in [0.2, 0.25) is 19.6 Å². The van der Waals surface area contributed by atoms with Gasteiger partial charge in [-0.2, -0.15) is 0 Å². The number of pyridine rings is 2. The molecule has 321 valence electrons. The number of aromatic nitrogens is 2. The molecule has 1 atom stereocenters. The van der Waals surface area contributed by atoms with Crippen molar-refractivity contribution in [2.75, 3.05) is 0 Å². The summed E-state index contributed by atoms with van der Waals surface area (Å²) < 4.78 is 42.7. The predicted octanol–water partition coefficient (Wildman–Crippen LogP) is 14.8. The summed E-state index contributed by atoms with van der Waals surface area (Å²) in [6, 6.07) is 58.6. The monoisotopic (exact) mass is 1030 g/mol. The van der Waals surface area contributed by atoms with Gasteiger partial charge in [-0.1, -0.05) is 170 Å². The van der Waals surface area contributed by atoms with Crippen LogP contribution < -0.4 is 5.19 Å². The minimum absolute atomic E-state index is 0. The van der Waals surface area contributed by atoms with Crippen LogP contribution in [0.1, 0.15) is 54.3 Å². The van der Waals surface area contributed by atoms with Crippen LogP contribution in [0.25, 0.3) is 66.7 Å². The van der Waals surface area contributed by atoms with Gasteiger partial charge in [0.05, 0.1) is 13.7 Å². The van der Waals surface area contributed by atoms with Gasteiger partial charge in [0.15, 0.2) is 0 Å². The van der Waals surface area contributed by atoms with E-state index in [0.717, 1.165) is 78.2 Å². The second kappa shape index (κ2) is 19.2. The van der Waals surface area contributed by atoms with Crippen LogP contribution in [0.4, 0.5) is 0 Å². The van der Waals surface area contributed by atoms with E-state index in [-0.39, 0.29) is 26.0 Å². The van der Waals surface area contributed by atoms with Crippen molar-refractivity contribution in [2.45, 2.75) is 64.5 Å². The van der Waals surface area contributed by atoms with Gasteiger partial charge in [-0.3, -0.25) is 0 Å². The summed E-state index contributed by atoms with van der Waals surface area (Å²) in [7, 11) is -1.82. The smallest absolute Gasteiger partial charge is 0.121 e. The van der Waals surface area contributed by atoms with Crippen molar-refractivity contribution in [1.29, 1.82) is 0 Å². The van der Waals surface area contributed by atoms with E-state index in [9.17, 15) is 0 Å². The quantitative estimate of drug-likeness (QED) is 0.107. The number of benzene rings is 6. The summed E-state index contributed by atoms with van der Waals surface area (Å²) >= 11 is 0. The molecule has 1 unspecified atom stereocenters. The molecule has 3 nitrogen and oxygen atoms in total. The molecular formula is C59H54IrN2OSi-2. The summed E-state index contributed by atoms with van der Waals surface area (Å²) in [5.41, 5.74) is 11.3. The molecule has 12 rings (SSSR count). The Hall–Kier alpha value is -5.71. The predicted molar refractivity (Wildman–Crippen MR) is 265 cm³/mol. The molecule has 64 heavy (non-hydrogen) atoms.